The Kier molecular flexibility index (Phi) is 23.9. The van der Waals surface area contributed by atoms with E-state index in [2.05, 4.69) is 28.9 Å². The molecule has 49 heavy (non-hydrogen) atoms. The van der Waals surface area contributed by atoms with E-state index in [0.29, 0.717) is 6.42 Å². The summed E-state index contributed by atoms with van der Waals surface area (Å²) in [6, 6.07) is 8.98. The molecule has 5 atom stereocenters. The van der Waals surface area contributed by atoms with E-state index < -0.39 is 26.2 Å². The van der Waals surface area contributed by atoms with Gasteiger partial charge in [-0.2, -0.15) is 0 Å². The third-order valence-electron chi connectivity index (χ3n) is 9.03. The summed E-state index contributed by atoms with van der Waals surface area (Å²) in [6.07, 6.45) is 23.9. The maximum atomic E-state index is 12.3. The van der Waals surface area contributed by atoms with Gasteiger partial charge in [0, 0.05) is 25.6 Å². The number of hydrogen-bond acceptors (Lipinski definition) is 8. The Hall–Kier alpha value is -1.75. The highest BCUT2D eigenvalue weighted by Gasteiger charge is 2.46. The second kappa shape index (κ2) is 27.0. The average Bonchev–Trinajstić information content (AvgIpc) is 3.38. The smallest absolute Gasteiger partial charge is 0.431 e. The molecule has 0 aliphatic carbocycles. The Bertz CT molecular complexity index is 1100. The molecular weight excluding hydrogens is 660 g/mol. The molecule has 2 unspecified atom stereocenters. The zero-order valence-electron chi connectivity index (χ0n) is 30.4. The number of unbranched alkanes of at least 4 members (excludes halogenated alkanes) is 14. The maximum absolute atomic E-state index is 12.3. The van der Waals surface area contributed by atoms with Gasteiger partial charge in [0.1, 0.15) is 33.3 Å². The number of nitrogens with one attached hydrogen (secondary N) is 1. The Labute approximate surface area is 302 Å². The van der Waals surface area contributed by atoms with Crippen LogP contribution in [0.4, 0.5) is 4.79 Å². The summed E-state index contributed by atoms with van der Waals surface area (Å²) in [7, 11) is -1.31. The van der Waals surface area contributed by atoms with E-state index in [9.17, 15) is 14.3 Å². The van der Waals surface area contributed by atoms with Crippen LogP contribution in [0, 0.1) is 5.92 Å². The number of thiocarbonyl (C=S) groups is 1. The molecule has 0 aromatic heterocycles. The Morgan fingerprint density at radius 3 is 2.20 bits per heavy atom. The van der Waals surface area contributed by atoms with Crippen LogP contribution < -0.4 is 5.32 Å². The van der Waals surface area contributed by atoms with Gasteiger partial charge in [0.05, 0.1) is 4.99 Å². The quantitative estimate of drug-likeness (QED) is 0.0217. The summed E-state index contributed by atoms with van der Waals surface area (Å²) in [5.41, 5.74) is 0.833. The van der Waals surface area contributed by atoms with E-state index in [4.69, 9.17) is 31.0 Å². The van der Waals surface area contributed by atoms with Crippen molar-refractivity contribution >= 4 is 39.0 Å². The second-order valence-electron chi connectivity index (χ2n) is 13.1. The lowest BCUT2D eigenvalue weighted by atomic mass is 9.82. The molecule has 278 valence electrons. The van der Waals surface area contributed by atoms with E-state index in [1.165, 1.54) is 83.5 Å². The fourth-order valence-electron chi connectivity index (χ4n) is 6.09. The van der Waals surface area contributed by atoms with Crippen molar-refractivity contribution in [2.24, 2.45) is 5.92 Å². The summed E-state index contributed by atoms with van der Waals surface area (Å²) >= 11 is 5.54. The second-order valence-corrected chi connectivity index (χ2v) is 15.2. The van der Waals surface area contributed by atoms with E-state index in [-0.39, 0.29) is 25.1 Å². The van der Waals surface area contributed by atoms with Gasteiger partial charge in [-0.05, 0) is 44.1 Å². The maximum Gasteiger partial charge on any atom is 0.508 e. The zero-order valence-corrected chi connectivity index (χ0v) is 32.1. The first-order chi connectivity index (χ1) is 23.8. The van der Waals surface area contributed by atoms with Crippen LogP contribution in [0.5, 0.6) is 0 Å². The summed E-state index contributed by atoms with van der Waals surface area (Å²) in [5, 5.41) is 3.41. The zero-order chi connectivity index (χ0) is 35.6. The van der Waals surface area contributed by atoms with Crippen molar-refractivity contribution in [2.45, 2.75) is 147 Å². The molecule has 1 aromatic rings. The number of phosphoric ester groups is 1. The van der Waals surface area contributed by atoms with Gasteiger partial charge >= 0.3 is 14.0 Å². The molecule has 1 aliphatic rings. The minimum Gasteiger partial charge on any atom is -0.431 e. The highest BCUT2D eigenvalue weighted by atomic mass is 32.1. The molecule has 1 aliphatic heterocycles. The lowest BCUT2D eigenvalue weighted by molar-refractivity contribution is -0.0303. The molecular formula is C37H63BNO8PS. The third-order valence-corrected chi connectivity index (χ3v) is 10.4. The van der Waals surface area contributed by atoms with Gasteiger partial charge in [-0.1, -0.05) is 139 Å². The third kappa shape index (κ3) is 20.6. The number of phosphoric acid groups is 1. The topological polar surface area (TPSA) is 113 Å². The van der Waals surface area contributed by atoms with Gasteiger partial charge in [-0.15, -0.1) is 0 Å². The molecule has 1 fully saturated rings. The molecule has 0 saturated carbocycles. The lowest BCUT2D eigenvalue weighted by Crippen LogP contribution is -2.34. The number of carbonyl (C=O) groups excluding carboxylic acids is 1. The first kappa shape index (κ1) is 43.4. The number of allylic oxidation sites excluding steroid dienone is 2. The minimum atomic E-state index is -4.30. The van der Waals surface area contributed by atoms with Crippen molar-refractivity contribution in [3.63, 3.8) is 0 Å². The first-order valence-electron chi connectivity index (χ1n) is 18.7. The Morgan fingerprint density at radius 2 is 1.57 bits per heavy atom. The molecule has 1 saturated heterocycles. The molecule has 1 heterocycles. The average molecular weight is 724 g/mol. The number of carbonyl (C=O) groups is 1. The van der Waals surface area contributed by atoms with Crippen LogP contribution in [0.2, 0.25) is 0 Å². The van der Waals surface area contributed by atoms with Gasteiger partial charge in [-0.3, -0.25) is 9.05 Å². The molecule has 12 heteroatoms. The first-order valence-corrected chi connectivity index (χ1v) is 20.6. The number of rotatable bonds is 28. The van der Waals surface area contributed by atoms with Crippen LogP contribution in [0.25, 0.3) is 0 Å². The van der Waals surface area contributed by atoms with Crippen LogP contribution in [0.1, 0.15) is 128 Å². The molecule has 0 amide bonds. The van der Waals surface area contributed by atoms with Gasteiger partial charge in [0.2, 0.25) is 0 Å². The number of benzene rings is 1. The van der Waals surface area contributed by atoms with Crippen molar-refractivity contribution in [1.29, 1.82) is 0 Å². The predicted octanol–water partition coefficient (Wildman–Crippen LogP) is 8.96. The summed E-state index contributed by atoms with van der Waals surface area (Å²) in [6.45, 7) is 3.05. The highest BCUT2D eigenvalue weighted by Crippen LogP contribution is 2.48. The fourth-order valence-corrected chi connectivity index (χ4v) is 7.02. The SMILES string of the molecule is B[C@@H]1O[C@H](COC(=O)OCc2ccccc2)[C@H](OP(=O)(O)OC)C1C/C=C/CCCCNC(=S)CCCCCCCCCCCCCCC. The highest BCUT2D eigenvalue weighted by molar-refractivity contribution is 7.80. The largest absolute Gasteiger partial charge is 0.508 e. The Morgan fingerprint density at radius 1 is 0.939 bits per heavy atom. The van der Waals surface area contributed by atoms with E-state index in [1.54, 1.807) is 0 Å². The van der Waals surface area contributed by atoms with Gasteiger partial charge < -0.3 is 24.4 Å². The minimum absolute atomic E-state index is 0.0761. The monoisotopic (exact) mass is 723 g/mol. The Balaban J connectivity index is 1.57. The van der Waals surface area contributed by atoms with Crippen molar-refractivity contribution in [3.05, 3.63) is 48.0 Å². The van der Waals surface area contributed by atoms with Gasteiger partial charge in [-0.25, -0.2) is 9.36 Å². The predicted molar refractivity (Wildman–Crippen MR) is 204 cm³/mol. The molecule has 0 bridgehead atoms. The molecule has 2 N–H and O–H groups in total. The van der Waals surface area contributed by atoms with Crippen LogP contribution in [0.3, 0.4) is 0 Å². The van der Waals surface area contributed by atoms with Crippen LogP contribution in [-0.2, 0) is 34.4 Å². The lowest BCUT2D eigenvalue weighted by Gasteiger charge is -2.24. The van der Waals surface area contributed by atoms with Crippen molar-refractivity contribution < 1.29 is 37.5 Å². The molecule has 0 radical (unpaired) electrons. The normalized spacial score (nSPS) is 20.3. The van der Waals surface area contributed by atoms with Crippen molar-refractivity contribution in [3.8, 4) is 0 Å². The summed E-state index contributed by atoms with van der Waals surface area (Å²) < 4.78 is 38.9. The van der Waals surface area contributed by atoms with Gasteiger partial charge in [0.15, 0.2) is 0 Å². The molecule has 1 aromatic carbocycles. The molecule has 0 spiro atoms. The molecule has 2 rings (SSSR count). The van der Waals surface area contributed by atoms with E-state index >= 15 is 0 Å². The van der Waals surface area contributed by atoms with Crippen LogP contribution in [-0.4, -0.2) is 62.4 Å². The standard InChI is InChI=1S/C37H63BNO8PS/c1-3-4-5-6-7-8-9-10-11-12-13-16-22-27-34(49)39-28-23-17-14-15-21-26-32-35(47-48(41,42)43-2)33(46-36(32)38)30-45-37(40)44-29-31-24-19-18-20-25-31/h15,18-21,24-25,32-33,35-36H,3-14,16-17,22-23,26-30,38H2,1-2H3,(H,39,49)(H,41,42)/b21-15+/t32?,33-,35-,36-/m1/s1. The number of ether oxygens (including phenoxy) is 3. The summed E-state index contributed by atoms with van der Waals surface area (Å²) in [5.74, 6) is -0.232. The fraction of sp³-hybridized carbons (Fsp3) is 0.730. The van der Waals surface area contributed by atoms with Crippen LogP contribution in [0.15, 0.2) is 42.5 Å². The van der Waals surface area contributed by atoms with Crippen molar-refractivity contribution in [1.82, 2.24) is 5.32 Å². The van der Waals surface area contributed by atoms with Crippen LogP contribution >= 0.6 is 20.0 Å². The molecule has 9 nitrogen and oxygen atoms in total. The van der Waals surface area contributed by atoms with Gasteiger partial charge in [0.25, 0.3) is 0 Å². The summed E-state index contributed by atoms with van der Waals surface area (Å²) in [4.78, 5) is 23.2. The van der Waals surface area contributed by atoms with E-state index in [0.717, 1.165) is 49.9 Å². The number of hydrogen-bond donors (Lipinski definition) is 2. The van der Waals surface area contributed by atoms with E-state index in [1.807, 2.05) is 38.2 Å². The van der Waals surface area contributed by atoms with Crippen molar-refractivity contribution in [2.75, 3.05) is 20.3 Å².